The third-order valence-electron chi connectivity index (χ3n) is 5.48. The number of likely N-dealkylation sites (tertiary alicyclic amines) is 1. The molecule has 8 nitrogen and oxygen atoms in total. The minimum atomic E-state index is -4.70. The summed E-state index contributed by atoms with van der Waals surface area (Å²) in [6.07, 6.45) is -0.894. The molecule has 1 atom stereocenters. The van der Waals surface area contributed by atoms with Crippen molar-refractivity contribution in [3.63, 3.8) is 0 Å². The van der Waals surface area contributed by atoms with Gasteiger partial charge in [0.15, 0.2) is 5.82 Å². The van der Waals surface area contributed by atoms with Gasteiger partial charge >= 0.3 is 6.09 Å². The molecule has 2 N–H and O–H groups in total. The monoisotopic (exact) mass is 490 g/mol. The van der Waals surface area contributed by atoms with E-state index in [0.29, 0.717) is 11.3 Å². The van der Waals surface area contributed by atoms with Crippen LogP contribution in [0.1, 0.15) is 17.5 Å². The minimum absolute atomic E-state index is 0.0831. The molecule has 2 heterocycles. The fraction of sp³-hybridized carbons (Fsp3) is 0.273. The Morgan fingerprint density at radius 3 is 2.73 bits per heavy atom. The molecule has 2 aromatic carbocycles. The van der Waals surface area contributed by atoms with Gasteiger partial charge in [-0.15, -0.1) is 4.31 Å². The van der Waals surface area contributed by atoms with Crippen molar-refractivity contribution in [2.45, 2.75) is 30.8 Å². The smallest absolute Gasteiger partial charge is 0.427 e. The number of rotatable bonds is 7. The topological polar surface area (TPSA) is 103 Å². The van der Waals surface area contributed by atoms with E-state index in [1.54, 1.807) is 6.92 Å². The largest absolute Gasteiger partial charge is 0.464 e. The quantitative estimate of drug-likeness (QED) is 0.513. The summed E-state index contributed by atoms with van der Waals surface area (Å²) in [6, 6.07) is 13.7. The summed E-state index contributed by atoms with van der Waals surface area (Å²) in [5, 5.41) is 14.2. The van der Waals surface area contributed by atoms with E-state index < -0.39 is 26.8 Å². The van der Waals surface area contributed by atoms with Crippen molar-refractivity contribution in [3.8, 4) is 0 Å². The van der Waals surface area contributed by atoms with Crippen LogP contribution in [0.5, 0.6) is 0 Å². The van der Waals surface area contributed by atoms with Crippen LogP contribution in [0.4, 0.5) is 20.7 Å². The summed E-state index contributed by atoms with van der Waals surface area (Å²) in [4.78, 5) is 13.2. The van der Waals surface area contributed by atoms with Crippen LogP contribution in [0.25, 0.3) is 0 Å². The Bertz CT molecular complexity index is 1240. The van der Waals surface area contributed by atoms with E-state index in [4.69, 9.17) is 0 Å². The van der Waals surface area contributed by atoms with Crippen LogP contribution in [-0.4, -0.2) is 48.0 Å². The fourth-order valence-electron chi connectivity index (χ4n) is 3.90. The van der Waals surface area contributed by atoms with Gasteiger partial charge in [0.2, 0.25) is 0 Å². The van der Waals surface area contributed by atoms with E-state index in [9.17, 15) is 22.7 Å². The second kappa shape index (κ2) is 9.46. The van der Waals surface area contributed by atoms with Crippen molar-refractivity contribution < 1.29 is 22.7 Å². The first-order valence-corrected chi connectivity index (χ1v) is 12.5. The number of carboxylic acid groups (broad SMARTS) is 1. The zero-order valence-electron chi connectivity index (χ0n) is 17.8. The first-order chi connectivity index (χ1) is 15.8. The van der Waals surface area contributed by atoms with Crippen LogP contribution in [-0.2, 0) is 16.6 Å². The molecule has 1 aliphatic rings. The maximum atomic E-state index is 15.0. The molecule has 1 aromatic heterocycles. The number of hydrogen-bond acceptors (Lipinski definition) is 7. The van der Waals surface area contributed by atoms with E-state index in [1.807, 2.05) is 18.2 Å². The van der Waals surface area contributed by atoms with Gasteiger partial charge in [-0.2, -0.15) is 4.37 Å². The fourth-order valence-corrected chi connectivity index (χ4v) is 5.82. The molecule has 174 valence electrons. The molecule has 0 bridgehead atoms. The number of nitrogens with zero attached hydrogens (tertiary/aromatic N) is 3. The van der Waals surface area contributed by atoms with Crippen molar-refractivity contribution in [3.05, 3.63) is 70.9 Å². The number of amides is 1. The molecular weight excluding hydrogens is 467 g/mol. The second-order valence-electron chi connectivity index (χ2n) is 7.86. The molecule has 11 heteroatoms. The first kappa shape index (κ1) is 23.1. The number of aromatic nitrogens is 1. The summed E-state index contributed by atoms with van der Waals surface area (Å²) in [5.41, 5.74) is 2.20. The average molecular weight is 491 g/mol. The summed E-state index contributed by atoms with van der Waals surface area (Å²) in [7, 11) is -4.70. The molecule has 3 aromatic rings. The number of benzene rings is 2. The van der Waals surface area contributed by atoms with E-state index >= 15 is 0 Å². The van der Waals surface area contributed by atoms with Crippen LogP contribution in [0.2, 0.25) is 0 Å². The predicted octanol–water partition coefficient (Wildman–Crippen LogP) is 4.15. The normalized spacial score (nSPS) is 16.6. The molecule has 0 spiro atoms. The van der Waals surface area contributed by atoms with E-state index in [-0.39, 0.29) is 16.2 Å². The summed E-state index contributed by atoms with van der Waals surface area (Å²) < 4.78 is 44.7. The maximum absolute atomic E-state index is 15.0. The van der Waals surface area contributed by atoms with Gasteiger partial charge in [-0.1, -0.05) is 30.3 Å². The van der Waals surface area contributed by atoms with Crippen molar-refractivity contribution in [2.24, 2.45) is 0 Å². The predicted molar refractivity (Wildman–Crippen MR) is 125 cm³/mol. The Kier molecular flexibility index (Phi) is 6.63. The van der Waals surface area contributed by atoms with Gasteiger partial charge in [0, 0.05) is 36.7 Å². The average Bonchev–Trinajstić information content (AvgIpc) is 3.43. The standard InChI is InChI=1S/C22H23FN4O4S2/c1-15-11-20(33(30,31)27(22(28)29)21-8-10-32-25-21)18(23)12-19(15)24-17-7-9-26(14-17)13-16-5-3-2-4-6-16/h2-6,8,10-12,17,24H,7,9,13-14H2,1H3,(H,28,29). The number of halogens is 1. The lowest BCUT2D eigenvalue weighted by Crippen LogP contribution is -2.36. The third kappa shape index (κ3) is 5.00. The molecule has 33 heavy (non-hydrogen) atoms. The highest BCUT2D eigenvalue weighted by atomic mass is 32.2. The van der Waals surface area contributed by atoms with Gasteiger partial charge in [0.1, 0.15) is 10.7 Å². The summed E-state index contributed by atoms with van der Waals surface area (Å²) in [5.74, 6) is -1.32. The highest BCUT2D eigenvalue weighted by molar-refractivity contribution is 7.93. The van der Waals surface area contributed by atoms with Gasteiger partial charge in [-0.3, -0.25) is 4.90 Å². The minimum Gasteiger partial charge on any atom is -0.464 e. The first-order valence-electron chi connectivity index (χ1n) is 10.3. The molecule has 0 saturated carbocycles. The molecular formula is C22H23FN4O4S2. The van der Waals surface area contributed by atoms with Gasteiger partial charge in [0.05, 0.1) is 0 Å². The Labute approximate surface area is 195 Å². The maximum Gasteiger partial charge on any atom is 0.427 e. The molecule has 4 rings (SSSR count). The van der Waals surface area contributed by atoms with E-state index in [2.05, 4.69) is 26.7 Å². The molecule has 1 aliphatic heterocycles. The number of nitrogens with one attached hydrogen (secondary N) is 1. The molecule has 1 amide bonds. The Morgan fingerprint density at radius 2 is 2.06 bits per heavy atom. The number of hydrogen-bond donors (Lipinski definition) is 2. The van der Waals surface area contributed by atoms with Gasteiger partial charge < -0.3 is 10.4 Å². The highest BCUT2D eigenvalue weighted by Gasteiger charge is 2.35. The molecule has 1 unspecified atom stereocenters. The zero-order chi connectivity index (χ0) is 23.6. The Morgan fingerprint density at radius 1 is 1.30 bits per heavy atom. The van der Waals surface area contributed by atoms with Gasteiger partial charge in [-0.05, 0) is 54.2 Å². The van der Waals surface area contributed by atoms with Crippen LogP contribution in [0.3, 0.4) is 0 Å². The van der Waals surface area contributed by atoms with Crippen molar-refractivity contribution in [2.75, 3.05) is 22.7 Å². The van der Waals surface area contributed by atoms with Crippen molar-refractivity contribution >= 4 is 39.2 Å². The van der Waals surface area contributed by atoms with Crippen LogP contribution < -0.4 is 9.62 Å². The van der Waals surface area contributed by atoms with E-state index in [1.165, 1.54) is 17.0 Å². The molecule has 1 fully saturated rings. The number of anilines is 2. The van der Waals surface area contributed by atoms with Gasteiger partial charge in [0.25, 0.3) is 10.0 Å². The van der Waals surface area contributed by atoms with Crippen LogP contribution in [0, 0.1) is 12.7 Å². The molecule has 1 saturated heterocycles. The Hall–Kier alpha value is -3.02. The molecule has 0 radical (unpaired) electrons. The number of carbonyl (C=O) groups is 1. The van der Waals surface area contributed by atoms with Gasteiger partial charge in [-0.25, -0.2) is 17.6 Å². The lowest BCUT2D eigenvalue weighted by atomic mass is 10.1. The highest BCUT2D eigenvalue weighted by Crippen LogP contribution is 2.30. The number of aryl methyl sites for hydroxylation is 1. The lowest BCUT2D eigenvalue weighted by Gasteiger charge is -2.21. The van der Waals surface area contributed by atoms with Crippen LogP contribution in [0.15, 0.2) is 58.8 Å². The Balaban J connectivity index is 1.51. The second-order valence-corrected chi connectivity index (χ2v) is 10.3. The third-order valence-corrected chi connectivity index (χ3v) is 7.73. The zero-order valence-corrected chi connectivity index (χ0v) is 19.4. The molecule has 0 aliphatic carbocycles. The lowest BCUT2D eigenvalue weighted by molar-refractivity contribution is 0.206. The van der Waals surface area contributed by atoms with Crippen molar-refractivity contribution in [1.82, 2.24) is 9.27 Å². The van der Waals surface area contributed by atoms with Crippen LogP contribution >= 0.6 is 11.5 Å². The van der Waals surface area contributed by atoms with E-state index in [0.717, 1.165) is 49.7 Å². The summed E-state index contributed by atoms with van der Waals surface area (Å²) in [6.45, 7) is 4.14. The summed E-state index contributed by atoms with van der Waals surface area (Å²) >= 11 is 0.897. The van der Waals surface area contributed by atoms with Crippen molar-refractivity contribution in [1.29, 1.82) is 0 Å². The SMILES string of the molecule is Cc1cc(S(=O)(=O)N(C(=O)O)c2ccsn2)c(F)cc1NC1CCN(Cc2ccccc2)C1. The number of sulfonamides is 1.